The second-order valence-electron chi connectivity index (χ2n) is 6.57. The van der Waals surface area contributed by atoms with E-state index in [-0.39, 0.29) is 11.2 Å². The minimum Gasteiger partial charge on any atom is -0.486 e. The lowest BCUT2D eigenvalue weighted by atomic mass is 10.1. The third kappa shape index (κ3) is 3.53. The van der Waals surface area contributed by atoms with Crippen molar-refractivity contribution in [3.8, 4) is 22.8 Å². The zero-order valence-corrected chi connectivity index (χ0v) is 15.8. The largest absolute Gasteiger partial charge is 0.486 e. The minimum atomic E-state index is -0.170. The van der Waals surface area contributed by atoms with Crippen molar-refractivity contribution in [3.63, 3.8) is 0 Å². The average Bonchev–Trinajstić information content (AvgIpc) is 3.38. The highest BCUT2D eigenvalue weighted by atomic mass is 32.2. The molecule has 1 N–H and O–H groups in total. The van der Waals surface area contributed by atoms with E-state index in [1.807, 2.05) is 31.3 Å². The molecule has 138 valence electrons. The lowest BCUT2D eigenvalue weighted by Gasteiger charge is -2.19. The topological polar surface area (TPSA) is 65.4 Å². The third-order valence-corrected chi connectivity index (χ3v) is 5.65. The molecule has 0 spiro atoms. The van der Waals surface area contributed by atoms with Gasteiger partial charge in [-0.1, -0.05) is 11.8 Å². The van der Waals surface area contributed by atoms with Crippen LogP contribution >= 0.6 is 11.8 Å². The van der Waals surface area contributed by atoms with Crippen molar-refractivity contribution in [2.45, 2.75) is 49.7 Å². The molecule has 4 rings (SSSR count). The van der Waals surface area contributed by atoms with Crippen molar-refractivity contribution in [2.75, 3.05) is 13.2 Å². The summed E-state index contributed by atoms with van der Waals surface area (Å²) in [6, 6.07) is 6.34. The first-order valence-electron chi connectivity index (χ1n) is 9.08. The van der Waals surface area contributed by atoms with Gasteiger partial charge in [-0.05, 0) is 44.9 Å². The maximum atomic E-state index is 12.2. The SMILES string of the molecule is CCn1c(-c2ccc3c(c2)OCCO3)cnc1SC(C)C(=O)NC1CC1. The van der Waals surface area contributed by atoms with E-state index in [2.05, 4.69) is 21.8 Å². The van der Waals surface area contributed by atoms with Gasteiger partial charge in [-0.3, -0.25) is 4.79 Å². The molecule has 0 bridgehead atoms. The molecule has 26 heavy (non-hydrogen) atoms. The van der Waals surface area contributed by atoms with Gasteiger partial charge in [0.25, 0.3) is 0 Å². The molecule has 0 radical (unpaired) electrons. The summed E-state index contributed by atoms with van der Waals surface area (Å²) in [6.45, 7) is 5.95. The van der Waals surface area contributed by atoms with Crippen molar-refractivity contribution >= 4 is 17.7 Å². The van der Waals surface area contributed by atoms with Crippen LogP contribution in [0.3, 0.4) is 0 Å². The van der Waals surface area contributed by atoms with Gasteiger partial charge < -0.3 is 19.4 Å². The molecule has 1 unspecified atom stereocenters. The van der Waals surface area contributed by atoms with E-state index in [1.54, 1.807) is 0 Å². The number of rotatable bonds is 6. The number of nitrogens with zero attached hydrogens (tertiary/aromatic N) is 2. The fraction of sp³-hybridized carbons (Fsp3) is 0.474. The fourth-order valence-electron chi connectivity index (χ4n) is 2.95. The van der Waals surface area contributed by atoms with Gasteiger partial charge in [0.15, 0.2) is 16.7 Å². The quantitative estimate of drug-likeness (QED) is 0.788. The maximum Gasteiger partial charge on any atom is 0.233 e. The summed E-state index contributed by atoms with van der Waals surface area (Å²) in [6.07, 6.45) is 4.06. The van der Waals surface area contributed by atoms with Crippen LogP contribution in [-0.2, 0) is 11.3 Å². The summed E-state index contributed by atoms with van der Waals surface area (Å²) in [7, 11) is 0. The Morgan fingerprint density at radius 1 is 1.35 bits per heavy atom. The molecule has 1 aliphatic heterocycles. The van der Waals surface area contributed by atoms with Crippen LogP contribution in [0.5, 0.6) is 11.5 Å². The van der Waals surface area contributed by atoms with Gasteiger partial charge in [-0.15, -0.1) is 0 Å². The Balaban J connectivity index is 1.55. The van der Waals surface area contributed by atoms with Crippen molar-refractivity contribution in [2.24, 2.45) is 0 Å². The van der Waals surface area contributed by atoms with Gasteiger partial charge in [0, 0.05) is 18.2 Å². The van der Waals surface area contributed by atoms with E-state index in [4.69, 9.17) is 9.47 Å². The summed E-state index contributed by atoms with van der Waals surface area (Å²) in [5.74, 6) is 1.63. The van der Waals surface area contributed by atoms with Crippen LogP contribution in [-0.4, -0.2) is 40.0 Å². The molecule has 1 aromatic carbocycles. The summed E-state index contributed by atoms with van der Waals surface area (Å²) < 4.78 is 13.4. The Morgan fingerprint density at radius 3 is 2.85 bits per heavy atom. The minimum absolute atomic E-state index is 0.0871. The molecule has 1 atom stereocenters. The first-order valence-corrected chi connectivity index (χ1v) is 9.96. The van der Waals surface area contributed by atoms with E-state index >= 15 is 0 Å². The van der Waals surface area contributed by atoms with Crippen molar-refractivity contribution in [3.05, 3.63) is 24.4 Å². The summed E-state index contributed by atoms with van der Waals surface area (Å²) in [5.41, 5.74) is 2.05. The van der Waals surface area contributed by atoms with Gasteiger partial charge in [0.1, 0.15) is 13.2 Å². The second-order valence-corrected chi connectivity index (χ2v) is 7.88. The van der Waals surface area contributed by atoms with E-state index < -0.39 is 0 Å². The van der Waals surface area contributed by atoms with Crippen LogP contribution in [0.25, 0.3) is 11.3 Å². The molecule has 0 saturated heterocycles. The number of hydrogen-bond donors (Lipinski definition) is 1. The number of carbonyl (C=O) groups is 1. The first-order chi connectivity index (χ1) is 12.7. The number of carbonyl (C=O) groups excluding carboxylic acids is 1. The Labute approximate surface area is 157 Å². The Hall–Kier alpha value is -2.15. The zero-order valence-electron chi connectivity index (χ0n) is 15.0. The van der Waals surface area contributed by atoms with Crippen LogP contribution < -0.4 is 14.8 Å². The molecule has 2 aromatic rings. The summed E-state index contributed by atoms with van der Waals surface area (Å²) in [4.78, 5) is 16.8. The highest BCUT2D eigenvalue weighted by Gasteiger charge is 2.27. The van der Waals surface area contributed by atoms with Crippen LogP contribution in [0, 0.1) is 0 Å². The number of fused-ring (bicyclic) bond motifs is 1. The van der Waals surface area contributed by atoms with Crippen LogP contribution in [0.15, 0.2) is 29.6 Å². The Kier molecular flexibility index (Phi) is 4.80. The number of hydrogen-bond acceptors (Lipinski definition) is 5. The first kappa shape index (κ1) is 17.3. The molecular formula is C19H23N3O3S. The number of benzene rings is 1. The molecular weight excluding hydrogens is 350 g/mol. The van der Waals surface area contributed by atoms with Crippen LogP contribution in [0.1, 0.15) is 26.7 Å². The Morgan fingerprint density at radius 2 is 2.12 bits per heavy atom. The Bertz CT molecular complexity index is 816. The van der Waals surface area contributed by atoms with E-state index in [9.17, 15) is 4.79 Å². The van der Waals surface area contributed by atoms with Gasteiger partial charge in [-0.25, -0.2) is 4.98 Å². The molecule has 6 nitrogen and oxygen atoms in total. The molecule has 1 aliphatic carbocycles. The molecule has 1 saturated carbocycles. The smallest absolute Gasteiger partial charge is 0.233 e. The molecule has 1 amide bonds. The van der Waals surface area contributed by atoms with E-state index in [1.165, 1.54) is 11.8 Å². The number of thioether (sulfide) groups is 1. The molecule has 1 aromatic heterocycles. The number of amides is 1. The van der Waals surface area contributed by atoms with E-state index in [0.717, 1.165) is 47.3 Å². The normalized spacial score (nSPS) is 17.0. The summed E-state index contributed by atoms with van der Waals surface area (Å²) >= 11 is 1.50. The average molecular weight is 373 g/mol. The van der Waals surface area contributed by atoms with Crippen LogP contribution in [0.4, 0.5) is 0 Å². The van der Waals surface area contributed by atoms with Crippen LogP contribution in [0.2, 0.25) is 0 Å². The van der Waals surface area contributed by atoms with Gasteiger partial charge >= 0.3 is 0 Å². The van der Waals surface area contributed by atoms with Gasteiger partial charge in [0.05, 0.1) is 17.1 Å². The monoisotopic (exact) mass is 373 g/mol. The second kappa shape index (κ2) is 7.23. The fourth-order valence-corrected chi connectivity index (χ4v) is 3.91. The molecule has 2 heterocycles. The highest BCUT2D eigenvalue weighted by molar-refractivity contribution is 8.00. The molecule has 2 aliphatic rings. The zero-order chi connectivity index (χ0) is 18.1. The van der Waals surface area contributed by atoms with Crippen molar-refractivity contribution < 1.29 is 14.3 Å². The third-order valence-electron chi connectivity index (χ3n) is 4.55. The number of ether oxygens (including phenoxy) is 2. The number of nitrogens with one attached hydrogen (secondary N) is 1. The van der Waals surface area contributed by atoms with Gasteiger partial charge in [-0.2, -0.15) is 0 Å². The van der Waals surface area contributed by atoms with Gasteiger partial charge in [0.2, 0.25) is 5.91 Å². The maximum absolute atomic E-state index is 12.2. The predicted octanol–water partition coefficient (Wildman–Crippen LogP) is 3.10. The van der Waals surface area contributed by atoms with Crippen molar-refractivity contribution in [1.29, 1.82) is 0 Å². The number of aromatic nitrogens is 2. The lowest BCUT2D eigenvalue weighted by molar-refractivity contribution is -0.120. The summed E-state index contributed by atoms with van der Waals surface area (Å²) in [5, 5.41) is 3.74. The molecule has 7 heteroatoms. The van der Waals surface area contributed by atoms with Crippen molar-refractivity contribution in [1.82, 2.24) is 14.9 Å². The highest BCUT2D eigenvalue weighted by Crippen LogP contribution is 2.36. The van der Waals surface area contributed by atoms with E-state index in [0.29, 0.717) is 19.3 Å². The number of imidazole rings is 1. The standard InChI is InChI=1S/C19H23N3O3S/c1-3-22-15(13-4-7-16-17(10-13)25-9-8-24-16)11-20-19(22)26-12(2)18(23)21-14-5-6-14/h4,7,10-12,14H,3,5-6,8-9H2,1-2H3,(H,21,23). The lowest BCUT2D eigenvalue weighted by Crippen LogP contribution is -2.32. The molecule has 1 fully saturated rings. The predicted molar refractivity (Wildman–Crippen MR) is 101 cm³/mol.